The van der Waals surface area contributed by atoms with Crippen LogP contribution in [0.2, 0.25) is 0 Å². The van der Waals surface area contributed by atoms with Gasteiger partial charge in [-0.3, -0.25) is 14.4 Å². The van der Waals surface area contributed by atoms with E-state index < -0.39 is 41.9 Å². The van der Waals surface area contributed by atoms with Gasteiger partial charge in [-0.1, -0.05) is 12.1 Å². The van der Waals surface area contributed by atoms with Crippen molar-refractivity contribution in [3.63, 3.8) is 0 Å². The molecule has 1 fully saturated rings. The quantitative estimate of drug-likeness (QED) is 0.406. The molecule has 0 spiro atoms. The second-order valence-corrected chi connectivity index (χ2v) is 8.24. The molecule has 0 radical (unpaired) electrons. The molecule has 2 aromatic rings. The lowest BCUT2D eigenvalue weighted by molar-refractivity contribution is -0.130. The van der Waals surface area contributed by atoms with E-state index in [0.717, 1.165) is 4.88 Å². The smallest absolute Gasteiger partial charge is 0.315 e. The summed E-state index contributed by atoms with van der Waals surface area (Å²) < 4.78 is 5.19. The molecule has 11 heteroatoms. The highest BCUT2D eigenvalue weighted by molar-refractivity contribution is 7.09. The molecule has 10 nitrogen and oxygen atoms in total. The summed E-state index contributed by atoms with van der Waals surface area (Å²) >= 11 is 1.44. The highest BCUT2D eigenvalue weighted by atomic mass is 32.1. The molecule has 0 bridgehead atoms. The minimum absolute atomic E-state index is 0.0737. The lowest BCUT2D eigenvalue weighted by Crippen LogP contribution is -2.59. The number of primary amides is 1. The molecule has 1 aliphatic rings. The van der Waals surface area contributed by atoms with Crippen molar-refractivity contribution < 1.29 is 23.6 Å². The number of likely N-dealkylation sites (tertiary alicyclic amines) is 1. The Labute approximate surface area is 188 Å². The average Bonchev–Trinajstić information content (AvgIpc) is 3.52. The second kappa shape index (κ2) is 10.6. The van der Waals surface area contributed by atoms with Crippen LogP contribution in [0, 0.1) is 0 Å². The molecular formula is C21H25N5O5S. The molecule has 2 aromatic heterocycles. The summed E-state index contributed by atoms with van der Waals surface area (Å²) in [6.45, 7) is 4.00. The van der Waals surface area contributed by atoms with Gasteiger partial charge in [-0.25, -0.2) is 4.79 Å². The van der Waals surface area contributed by atoms with Gasteiger partial charge in [-0.2, -0.15) is 0 Å². The van der Waals surface area contributed by atoms with Crippen LogP contribution in [-0.4, -0.2) is 59.9 Å². The highest BCUT2D eigenvalue weighted by Gasteiger charge is 2.44. The number of rotatable bonds is 9. The van der Waals surface area contributed by atoms with Crippen LogP contribution >= 0.6 is 11.3 Å². The largest absolute Gasteiger partial charge is 0.459 e. The number of carbonyl (C=O) groups is 4. The van der Waals surface area contributed by atoms with Crippen molar-refractivity contribution in [3.8, 4) is 0 Å². The molecule has 32 heavy (non-hydrogen) atoms. The van der Waals surface area contributed by atoms with Crippen LogP contribution in [0.5, 0.6) is 0 Å². The summed E-state index contributed by atoms with van der Waals surface area (Å²) in [5.41, 5.74) is 5.51. The molecule has 5 N–H and O–H groups in total. The highest BCUT2D eigenvalue weighted by Crippen LogP contribution is 2.22. The maximum atomic E-state index is 13.3. The van der Waals surface area contributed by atoms with Crippen LogP contribution < -0.4 is 21.7 Å². The standard InChI is InChI=1S/C21H25N5O5S/c1-2-8-23-21(30)25-14-7-9-26(20(29)16-6-3-10-31-16)17(14)19(28)24-15(18(22)27)12-13-5-4-11-32-13/h2-6,10-11,14-15,17H,1,7-9,12H2,(H2,22,27)(H,24,28)(H2,23,25,30). The second-order valence-electron chi connectivity index (χ2n) is 7.21. The summed E-state index contributed by atoms with van der Waals surface area (Å²) in [5.74, 6) is -1.69. The van der Waals surface area contributed by atoms with Crippen molar-refractivity contribution in [2.45, 2.75) is 31.0 Å². The van der Waals surface area contributed by atoms with Gasteiger partial charge in [0.25, 0.3) is 5.91 Å². The van der Waals surface area contributed by atoms with E-state index in [0.29, 0.717) is 6.42 Å². The van der Waals surface area contributed by atoms with E-state index in [2.05, 4.69) is 22.5 Å². The summed E-state index contributed by atoms with van der Waals surface area (Å²) in [6, 6.07) is 3.56. The number of thiophene rings is 1. The summed E-state index contributed by atoms with van der Waals surface area (Å²) in [5, 5.41) is 9.82. The van der Waals surface area contributed by atoms with Gasteiger partial charge in [0.2, 0.25) is 11.8 Å². The first-order chi connectivity index (χ1) is 15.4. The number of nitrogens with one attached hydrogen (secondary N) is 3. The first kappa shape index (κ1) is 23.1. The van der Waals surface area contributed by atoms with Gasteiger partial charge in [-0.05, 0) is 30.0 Å². The zero-order valence-electron chi connectivity index (χ0n) is 17.3. The lowest BCUT2D eigenvalue weighted by atomic mass is 10.1. The zero-order chi connectivity index (χ0) is 23.1. The number of nitrogens with two attached hydrogens (primary N) is 1. The Morgan fingerprint density at radius 2 is 2.12 bits per heavy atom. The van der Waals surface area contributed by atoms with Gasteiger partial charge in [0, 0.05) is 24.4 Å². The third-order valence-corrected chi connectivity index (χ3v) is 5.93. The van der Waals surface area contributed by atoms with Gasteiger partial charge < -0.3 is 31.0 Å². The SMILES string of the molecule is C=CCNC(=O)NC1CCN(C(=O)c2ccco2)C1C(=O)NC(Cc1cccs1)C(N)=O. The van der Waals surface area contributed by atoms with E-state index in [1.165, 1.54) is 34.6 Å². The number of carbonyl (C=O) groups excluding carboxylic acids is 4. The predicted octanol–water partition coefficient (Wildman–Crippen LogP) is 0.622. The first-order valence-electron chi connectivity index (χ1n) is 10.0. The Morgan fingerprint density at radius 3 is 2.75 bits per heavy atom. The predicted molar refractivity (Wildman–Crippen MR) is 118 cm³/mol. The topological polar surface area (TPSA) is 147 Å². The number of hydrogen-bond donors (Lipinski definition) is 4. The van der Waals surface area contributed by atoms with Crippen LogP contribution in [-0.2, 0) is 16.0 Å². The Hall–Kier alpha value is -3.60. The fourth-order valence-corrected chi connectivity index (χ4v) is 4.28. The third kappa shape index (κ3) is 5.55. The van der Waals surface area contributed by atoms with E-state index in [1.807, 2.05) is 17.5 Å². The molecule has 1 aliphatic heterocycles. The molecule has 5 amide bonds. The van der Waals surface area contributed by atoms with Crippen LogP contribution in [0.25, 0.3) is 0 Å². The fraction of sp³-hybridized carbons (Fsp3) is 0.333. The normalized spacial score (nSPS) is 18.6. The van der Waals surface area contributed by atoms with Crippen molar-refractivity contribution in [2.24, 2.45) is 5.73 Å². The van der Waals surface area contributed by atoms with Gasteiger partial charge in [0.05, 0.1) is 12.3 Å². The van der Waals surface area contributed by atoms with E-state index in [4.69, 9.17) is 10.2 Å². The Morgan fingerprint density at radius 1 is 1.31 bits per heavy atom. The van der Waals surface area contributed by atoms with Crippen molar-refractivity contribution in [3.05, 3.63) is 59.2 Å². The summed E-state index contributed by atoms with van der Waals surface area (Å²) in [7, 11) is 0. The zero-order valence-corrected chi connectivity index (χ0v) is 18.1. The summed E-state index contributed by atoms with van der Waals surface area (Å²) in [4.78, 5) is 52.5. The first-order valence-corrected chi connectivity index (χ1v) is 10.9. The van der Waals surface area contributed by atoms with Gasteiger partial charge in [0.1, 0.15) is 12.1 Å². The van der Waals surface area contributed by atoms with Gasteiger partial charge in [0.15, 0.2) is 5.76 Å². The molecule has 0 aliphatic carbocycles. The van der Waals surface area contributed by atoms with Crippen LogP contribution in [0.3, 0.4) is 0 Å². The molecule has 3 atom stereocenters. The van der Waals surface area contributed by atoms with Crippen LogP contribution in [0.4, 0.5) is 4.79 Å². The maximum Gasteiger partial charge on any atom is 0.315 e. The molecule has 0 aromatic carbocycles. The van der Waals surface area contributed by atoms with E-state index >= 15 is 0 Å². The van der Waals surface area contributed by atoms with Crippen molar-refractivity contribution >= 4 is 35.1 Å². The third-order valence-electron chi connectivity index (χ3n) is 5.03. The molecule has 1 saturated heterocycles. The van der Waals surface area contributed by atoms with Gasteiger partial charge in [-0.15, -0.1) is 17.9 Å². The Balaban J connectivity index is 1.79. The van der Waals surface area contributed by atoms with E-state index in [9.17, 15) is 19.2 Å². The molecule has 3 heterocycles. The summed E-state index contributed by atoms with van der Waals surface area (Å²) in [6.07, 6.45) is 3.46. The molecule has 3 unspecified atom stereocenters. The van der Waals surface area contributed by atoms with Crippen molar-refractivity contribution in [1.82, 2.24) is 20.9 Å². The monoisotopic (exact) mass is 459 g/mol. The average molecular weight is 460 g/mol. The minimum Gasteiger partial charge on any atom is -0.459 e. The van der Waals surface area contributed by atoms with Crippen molar-refractivity contribution in [2.75, 3.05) is 13.1 Å². The number of nitrogens with zero attached hydrogens (tertiary/aromatic N) is 1. The molecular weight excluding hydrogens is 434 g/mol. The maximum absolute atomic E-state index is 13.3. The van der Waals surface area contributed by atoms with Gasteiger partial charge >= 0.3 is 6.03 Å². The molecule has 0 saturated carbocycles. The number of furan rings is 1. The van der Waals surface area contributed by atoms with Crippen LogP contribution in [0.15, 0.2) is 53.0 Å². The lowest BCUT2D eigenvalue weighted by Gasteiger charge is -2.28. The van der Waals surface area contributed by atoms with Crippen LogP contribution in [0.1, 0.15) is 21.9 Å². The minimum atomic E-state index is -1.05. The Kier molecular flexibility index (Phi) is 7.66. The van der Waals surface area contributed by atoms with E-state index in [-0.39, 0.29) is 25.3 Å². The fourth-order valence-electron chi connectivity index (χ4n) is 3.53. The van der Waals surface area contributed by atoms with Crippen molar-refractivity contribution in [1.29, 1.82) is 0 Å². The number of hydrogen-bond acceptors (Lipinski definition) is 6. The molecule has 170 valence electrons. The number of urea groups is 1. The Bertz CT molecular complexity index is 959. The molecule has 3 rings (SSSR count). The van der Waals surface area contributed by atoms with E-state index in [1.54, 1.807) is 6.07 Å². The number of amides is 5.